The van der Waals surface area contributed by atoms with Crippen LogP contribution in [0.3, 0.4) is 0 Å². The molecule has 0 aliphatic rings. The van der Waals surface area contributed by atoms with Crippen LogP contribution in [-0.2, 0) is 11.2 Å². The van der Waals surface area contributed by atoms with Gasteiger partial charge in [-0.15, -0.1) is 0 Å². The van der Waals surface area contributed by atoms with Crippen molar-refractivity contribution in [2.24, 2.45) is 0 Å². The number of aryl methyl sites for hydroxylation is 1. The Morgan fingerprint density at radius 2 is 1.71 bits per heavy atom. The fourth-order valence-corrected chi connectivity index (χ4v) is 3.23. The van der Waals surface area contributed by atoms with Gasteiger partial charge < -0.3 is 5.32 Å². The number of thioether (sulfide) groups is 1. The molecule has 0 aliphatic carbocycles. The number of hydrogen-bond acceptors (Lipinski definition) is 5. The van der Waals surface area contributed by atoms with Gasteiger partial charge in [0.05, 0.1) is 11.4 Å². The molecule has 1 N–H and O–H groups in total. The first kappa shape index (κ1) is 19.8. The number of carbonyl (C=O) groups is 2. The van der Waals surface area contributed by atoms with Gasteiger partial charge in [0.15, 0.2) is 10.9 Å². The summed E-state index contributed by atoms with van der Waals surface area (Å²) in [5.41, 5.74) is 4.41. The summed E-state index contributed by atoms with van der Waals surface area (Å²) in [6.45, 7) is 3.63. The minimum absolute atomic E-state index is 0.00482. The van der Waals surface area contributed by atoms with Crippen LogP contribution in [0.25, 0.3) is 11.3 Å². The zero-order valence-corrected chi connectivity index (χ0v) is 16.6. The largest absolute Gasteiger partial charge is 0.325 e. The van der Waals surface area contributed by atoms with Crippen LogP contribution in [0.4, 0.5) is 5.69 Å². The number of benzene rings is 2. The van der Waals surface area contributed by atoms with Gasteiger partial charge in [-0.25, -0.2) is 9.97 Å². The molecule has 6 heteroatoms. The Balaban J connectivity index is 1.59. The summed E-state index contributed by atoms with van der Waals surface area (Å²) in [6.07, 6.45) is 2.70. The van der Waals surface area contributed by atoms with Gasteiger partial charge in [-0.3, -0.25) is 9.59 Å². The summed E-state index contributed by atoms with van der Waals surface area (Å²) >= 11 is 1.28. The van der Waals surface area contributed by atoms with Crippen LogP contribution in [0.1, 0.15) is 29.8 Å². The third-order valence-corrected chi connectivity index (χ3v) is 5.06. The molecule has 2 aromatic carbocycles. The number of aromatic nitrogens is 2. The van der Waals surface area contributed by atoms with Crippen molar-refractivity contribution in [3.63, 3.8) is 0 Å². The Morgan fingerprint density at radius 3 is 2.36 bits per heavy atom. The maximum absolute atomic E-state index is 12.2. The fourth-order valence-electron chi connectivity index (χ4n) is 2.60. The molecular weight excluding hydrogens is 370 g/mol. The van der Waals surface area contributed by atoms with Gasteiger partial charge in [-0.2, -0.15) is 0 Å². The average Bonchev–Trinajstić information content (AvgIpc) is 2.73. The monoisotopic (exact) mass is 391 g/mol. The maximum Gasteiger partial charge on any atom is 0.234 e. The van der Waals surface area contributed by atoms with E-state index in [1.807, 2.05) is 18.2 Å². The van der Waals surface area contributed by atoms with Crippen molar-refractivity contribution in [2.45, 2.75) is 25.4 Å². The number of anilines is 1. The standard InChI is InChI=1S/C22H21N3O2S/c1-3-16-4-6-18(7-5-16)20-12-13-23-22(25-20)28-14-21(27)24-19-10-8-17(9-11-19)15(2)26/h4-13H,3,14H2,1-2H3,(H,24,27). The predicted molar refractivity (Wildman–Crippen MR) is 113 cm³/mol. The number of carbonyl (C=O) groups excluding carboxylic acids is 2. The molecule has 142 valence electrons. The van der Waals surface area contributed by atoms with Crippen molar-refractivity contribution in [3.05, 3.63) is 71.9 Å². The normalized spacial score (nSPS) is 10.5. The van der Waals surface area contributed by atoms with Gasteiger partial charge in [-0.1, -0.05) is 43.0 Å². The van der Waals surface area contributed by atoms with E-state index >= 15 is 0 Å². The van der Waals surface area contributed by atoms with E-state index in [9.17, 15) is 9.59 Å². The second kappa shape index (κ2) is 9.28. The third kappa shape index (κ3) is 5.27. The van der Waals surface area contributed by atoms with Crippen LogP contribution in [0, 0.1) is 0 Å². The van der Waals surface area contributed by atoms with E-state index in [0.717, 1.165) is 17.7 Å². The summed E-state index contributed by atoms with van der Waals surface area (Å²) in [5.74, 6) is 0.0452. The first-order valence-corrected chi connectivity index (χ1v) is 9.99. The second-order valence-corrected chi connectivity index (χ2v) is 7.19. The second-order valence-electron chi connectivity index (χ2n) is 6.25. The van der Waals surface area contributed by atoms with Crippen LogP contribution in [0.5, 0.6) is 0 Å². The molecule has 0 radical (unpaired) electrons. The summed E-state index contributed by atoms with van der Waals surface area (Å²) in [6, 6.07) is 17.0. The molecule has 0 fully saturated rings. The van der Waals surface area contributed by atoms with E-state index in [0.29, 0.717) is 16.4 Å². The lowest BCUT2D eigenvalue weighted by atomic mass is 10.1. The minimum atomic E-state index is -0.151. The van der Waals surface area contributed by atoms with E-state index < -0.39 is 0 Å². The van der Waals surface area contributed by atoms with E-state index in [1.165, 1.54) is 24.2 Å². The summed E-state index contributed by atoms with van der Waals surface area (Å²) in [4.78, 5) is 32.3. The van der Waals surface area contributed by atoms with Crippen LogP contribution < -0.4 is 5.32 Å². The van der Waals surface area contributed by atoms with Crippen molar-refractivity contribution in [1.29, 1.82) is 0 Å². The Bertz CT molecular complexity index is 970. The van der Waals surface area contributed by atoms with Gasteiger partial charge >= 0.3 is 0 Å². The van der Waals surface area contributed by atoms with E-state index in [1.54, 1.807) is 30.5 Å². The SMILES string of the molecule is CCc1ccc(-c2ccnc(SCC(=O)Nc3ccc(C(C)=O)cc3)n2)cc1. The highest BCUT2D eigenvalue weighted by molar-refractivity contribution is 7.99. The molecule has 28 heavy (non-hydrogen) atoms. The molecule has 1 amide bonds. The molecule has 0 saturated heterocycles. The molecule has 0 bridgehead atoms. The van der Waals surface area contributed by atoms with E-state index in [2.05, 4.69) is 34.3 Å². The fraction of sp³-hybridized carbons (Fsp3) is 0.182. The van der Waals surface area contributed by atoms with Gasteiger partial charge in [0, 0.05) is 23.0 Å². The first-order chi connectivity index (χ1) is 13.5. The Hall–Kier alpha value is -2.99. The van der Waals surface area contributed by atoms with Crippen molar-refractivity contribution in [2.75, 3.05) is 11.1 Å². The van der Waals surface area contributed by atoms with Crippen molar-refractivity contribution < 1.29 is 9.59 Å². The lowest BCUT2D eigenvalue weighted by Gasteiger charge is -2.06. The molecule has 0 saturated carbocycles. The number of hydrogen-bond donors (Lipinski definition) is 1. The smallest absolute Gasteiger partial charge is 0.234 e. The summed E-state index contributed by atoms with van der Waals surface area (Å²) in [7, 11) is 0. The number of amides is 1. The van der Waals surface area contributed by atoms with Crippen LogP contribution in [0.2, 0.25) is 0 Å². The number of nitrogens with zero attached hydrogens (tertiary/aromatic N) is 2. The van der Waals surface area contributed by atoms with Gasteiger partial charge in [-0.05, 0) is 49.2 Å². The molecule has 1 heterocycles. The predicted octanol–water partition coefficient (Wildman–Crippen LogP) is 4.64. The van der Waals surface area contributed by atoms with Crippen LogP contribution in [-0.4, -0.2) is 27.4 Å². The molecule has 0 spiro atoms. The highest BCUT2D eigenvalue weighted by Crippen LogP contribution is 2.21. The van der Waals surface area contributed by atoms with Crippen LogP contribution in [0.15, 0.2) is 66.0 Å². The molecular formula is C22H21N3O2S. The minimum Gasteiger partial charge on any atom is -0.325 e. The number of rotatable bonds is 7. The van der Waals surface area contributed by atoms with E-state index in [4.69, 9.17) is 0 Å². The van der Waals surface area contributed by atoms with Crippen molar-refractivity contribution >= 4 is 29.1 Å². The highest BCUT2D eigenvalue weighted by atomic mass is 32.2. The quantitative estimate of drug-likeness (QED) is 0.361. The summed E-state index contributed by atoms with van der Waals surface area (Å²) < 4.78 is 0. The molecule has 0 unspecified atom stereocenters. The topological polar surface area (TPSA) is 72.0 Å². The Kier molecular flexibility index (Phi) is 6.55. The van der Waals surface area contributed by atoms with Crippen LogP contribution >= 0.6 is 11.8 Å². The van der Waals surface area contributed by atoms with Gasteiger partial charge in [0.2, 0.25) is 5.91 Å². The molecule has 5 nitrogen and oxygen atoms in total. The number of Topliss-reactive ketones (excluding diaryl/α,β-unsaturated/α-hetero) is 1. The first-order valence-electron chi connectivity index (χ1n) is 9.01. The summed E-state index contributed by atoms with van der Waals surface area (Å²) in [5, 5.41) is 3.37. The molecule has 0 aliphatic heterocycles. The molecule has 3 rings (SSSR count). The number of nitrogens with one attached hydrogen (secondary N) is 1. The third-order valence-electron chi connectivity index (χ3n) is 4.20. The van der Waals surface area contributed by atoms with Crippen molar-refractivity contribution in [1.82, 2.24) is 9.97 Å². The Morgan fingerprint density at radius 1 is 1.00 bits per heavy atom. The molecule has 3 aromatic rings. The van der Waals surface area contributed by atoms with Crippen molar-refractivity contribution in [3.8, 4) is 11.3 Å². The number of ketones is 1. The highest BCUT2D eigenvalue weighted by Gasteiger charge is 2.08. The lowest BCUT2D eigenvalue weighted by molar-refractivity contribution is -0.113. The van der Waals surface area contributed by atoms with Gasteiger partial charge in [0.1, 0.15) is 0 Å². The van der Waals surface area contributed by atoms with Gasteiger partial charge in [0.25, 0.3) is 0 Å². The maximum atomic E-state index is 12.2. The molecule has 0 atom stereocenters. The zero-order valence-electron chi connectivity index (χ0n) is 15.8. The molecule has 1 aromatic heterocycles. The van der Waals surface area contributed by atoms with E-state index in [-0.39, 0.29) is 17.4 Å². The Labute approximate surface area is 168 Å². The average molecular weight is 391 g/mol. The lowest BCUT2D eigenvalue weighted by Crippen LogP contribution is -2.14. The zero-order chi connectivity index (χ0) is 19.9.